The number of ether oxygens (including phenoxy) is 1. The summed E-state index contributed by atoms with van der Waals surface area (Å²) in [5.74, 6) is 1.07. The third-order valence-electron chi connectivity index (χ3n) is 9.65. The molecule has 2 saturated heterocycles. The Hall–Kier alpha value is -4.21. The van der Waals surface area contributed by atoms with Gasteiger partial charge in [0.25, 0.3) is 0 Å². The second kappa shape index (κ2) is 21.8. The fraction of sp³-hybridized carbons (Fsp3) is 0.488. The number of para-hydroxylation sites is 2. The van der Waals surface area contributed by atoms with Crippen LogP contribution in [0.5, 0.6) is 0 Å². The molecule has 9 heteroatoms. The van der Waals surface area contributed by atoms with Crippen LogP contribution in [-0.4, -0.2) is 73.3 Å². The van der Waals surface area contributed by atoms with Crippen molar-refractivity contribution in [2.75, 3.05) is 43.1 Å². The number of carbonyl (C=O) groups excluding carboxylic acids is 3. The predicted octanol–water partition coefficient (Wildman–Crippen LogP) is 7.29. The van der Waals surface area contributed by atoms with E-state index in [0.29, 0.717) is 31.8 Å². The number of piperidine rings is 2. The van der Waals surface area contributed by atoms with Crippen molar-refractivity contribution in [1.82, 2.24) is 10.2 Å². The van der Waals surface area contributed by atoms with Gasteiger partial charge in [-0.25, -0.2) is 4.79 Å². The average Bonchev–Trinajstić information content (AvgIpc) is 3.19. The summed E-state index contributed by atoms with van der Waals surface area (Å²) < 4.78 is 5.52. The Balaban J connectivity index is 0.000000278. The monoisotopic (exact) mass is 686 g/mol. The summed E-state index contributed by atoms with van der Waals surface area (Å²) >= 11 is 0. The smallest absolute Gasteiger partial charge is 0.410 e. The number of nitrogens with one attached hydrogen (secondary N) is 1. The maximum absolute atomic E-state index is 12.7. The maximum atomic E-state index is 12.7. The van der Waals surface area contributed by atoms with Crippen molar-refractivity contribution in [2.45, 2.75) is 84.9 Å². The van der Waals surface area contributed by atoms with Crippen molar-refractivity contribution in [3.8, 4) is 0 Å². The first-order valence-electron chi connectivity index (χ1n) is 18.2. The predicted molar refractivity (Wildman–Crippen MR) is 202 cm³/mol. The van der Waals surface area contributed by atoms with Crippen LogP contribution in [0, 0.1) is 11.8 Å². The molecule has 2 fully saturated rings. The minimum Gasteiger partial charge on any atom is -0.445 e. The van der Waals surface area contributed by atoms with Gasteiger partial charge >= 0.3 is 6.09 Å². The topological polar surface area (TPSA) is 102 Å². The minimum atomic E-state index is -0.279. The van der Waals surface area contributed by atoms with Crippen molar-refractivity contribution in [3.05, 3.63) is 96.6 Å². The number of rotatable bonds is 10. The van der Waals surface area contributed by atoms with Crippen LogP contribution in [0.15, 0.2) is 91.0 Å². The highest BCUT2D eigenvalue weighted by Crippen LogP contribution is 2.29. The van der Waals surface area contributed by atoms with Crippen LogP contribution < -0.4 is 15.1 Å². The molecule has 0 aliphatic carbocycles. The van der Waals surface area contributed by atoms with E-state index in [1.165, 1.54) is 12.8 Å². The van der Waals surface area contributed by atoms with Crippen LogP contribution in [0.4, 0.5) is 16.2 Å². The molecule has 2 aliphatic heterocycles. The molecule has 5 rings (SSSR count). The van der Waals surface area contributed by atoms with Crippen LogP contribution in [0.1, 0.15) is 71.8 Å². The lowest BCUT2D eigenvalue weighted by molar-refractivity contribution is -0.119. The molecule has 2 N–H and O–H groups in total. The summed E-state index contributed by atoms with van der Waals surface area (Å²) in [6.45, 7) is 11.8. The summed E-state index contributed by atoms with van der Waals surface area (Å²) in [7, 11) is 1.00. The van der Waals surface area contributed by atoms with Crippen molar-refractivity contribution in [2.24, 2.45) is 11.8 Å². The molecular weight excluding hydrogens is 628 g/mol. The molecular formula is C41H58N4O5. The summed E-state index contributed by atoms with van der Waals surface area (Å²) in [6.07, 6.45) is 5.04. The van der Waals surface area contributed by atoms with Gasteiger partial charge in [0, 0.05) is 56.5 Å². The molecule has 0 bridgehead atoms. The zero-order valence-corrected chi connectivity index (χ0v) is 30.7. The van der Waals surface area contributed by atoms with Gasteiger partial charge in [-0.05, 0) is 94.3 Å². The molecule has 0 unspecified atom stereocenters. The Morgan fingerprint density at radius 3 is 1.72 bits per heavy atom. The van der Waals surface area contributed by atoms with Gasteiger partial charge in [0.2, 0.25) is 11.8 Å². The summed E-state index contributed by atoms with van der Waals surface area (Å²) in [5, 5.41) is 10.4. The highest BCUT2D eigenvalue weighted by atomic mass is 16.6. The Bertz CT molecular complexity index is 1400. The van der Waals surface area contributed by atoms with Crippen molar-refractivity contribution < 1.29 is 24.2 Å². The number of nitrogens with zero attached hydrogens (tertiary/aromatic N) is 3. The van der Waals surface area contributed by atoms with Gasteiger partial charge in [-0.15, -0.1) is 0 Å². The molecule has 3 amide bonds. The summed E-state index contributed by atoms with van der Waals surface area (Å²) in [4.78, 5) is 43.2. The number of aliphatic hydroxyl groups excluding tert-OH is 1. The third kappa shape index (κ3) is 11.7. The molecule has 0 radical (unpaired) electrons. The molecule has 272 valence electrons. The Morgan fingerprint density at radius 2 is 1.24 bits per heavy atom. The molecule has 0 saturated carbocycles. The molecule has 3 aromatic carbocycles. The Kier molecular flexibility index (Phi) is 17.5. The first-order chi connectivity index (χ1) is 24.3. The van der Waals surface area contributed by atoms with E-state index in [4.69, 9.17) is 9.84 Å². The molecule has 50 heavy (non-hydrogen) atoms. The number of hydrogen-bond donors (Lipinski definition) is 2. The minimum absolute atomic E-state index is 0.00886. The van der Waals surface area contributed by atoms with Crippen LogP contribution >= 0.6 is 0 Å². The number of benzene rings is 3. The van der Waals surface area contributed by atoms with Gasteiger partial charge < -0.3 is 29.9 Å². The van der Waals surface area contributed by atoms with E-state index in [0.717, 1.165) is 50.0 Å². The number of carbonyl (C=O) groups is 3. The SMILES string of the molecule is CCC(=O)N(c1ccccc1)[C@H](C)[C@@H]1CCCN(C(=O)OCc2ccccc2)C1.CCC(=O)N(c1ccccc1)[C@H](C)[C@@H]1CCCNC1.CO. The van der Waals surface area contributed by atoms with Gasteiger partial charge in [0.1, 0.15) is 6.61 Å². The molecule has 0 spiro atoms. The number of hydrogen-bond acceptors (Lipinski definition) is 6. The lowest BCUT2D eigenvalue weighted by Gasteiger charge is -2.40. The molecule has 2 heterocycles. The lowest BCUT2D eigenvalue weighted by atomic mass is 9.90. The van der Waals surface area contributed by atoms with E-state index in [2.05, 4.69) is 19.2 Å². The molecule has 3 aromatic rings. The molecule has 0 aromatic heterocycles. The second-order valence-corrected chi connectivity index (χ2v) is 12.9. The number of likely N-dealkylation sites (tertiary alicyclic amines) is 1. The van der Waals surface area contributed by atoms with Crippen molar-refractivity contribution in [3.63, 3.8) is 0 Å². The Morgan fingerprint density at radius 1 is 0.760 bits per heavy atom. The van der Waals surface area contributed by atoms with Gasteiger partial charge in [-0.2, -0.15) is 0 Å². The normalized spacial score (nSPS) is 18.2. The highest BCUT2D eigenvalue weighted by Gasteiger charge is 2.33. The van der Waals surface area contributed by atoms with E-state index in [9.17, 15) is 14.4 Å². The maximum Gasteiger partial charge on any atom is 0.410 e. The van der Waals surface area contributed by atoms with Crippen LogP contribution in [0.25, 0.3) is 0 Å². The summed E-state index contributed by atoms with van der Waals surface area (Å²) in [6, 6.07) is 29.8. The fourth-order valence-corrected chi connectivity index (χ4v) is 6.82. The molecule has 2 aliphatic rings. The van der Waals surface area contributed by atoms with Crippen molar-refractivity contribution in [1.29, 1.82) is 0 Å². The standard InChI is InChI=1S/C24H30N2O3.C16H24N2O.CH4O/c1-3-23(27)26(22-14-8-5-9-15-22)19(2)21-13-10-16-25(17-21)24(28)29-18-20-11-6-4-7-12-20;1-3-16(19)18(15-9-5-4-6-10-15)13(2)14-8-7-11-17-12-14;1-2/h4-9,11-12,14-15,19,21H,3,10,13,16-18H2,1-2H3;4-6,9-10,13-14,17H,3,7-8,11-12H2,1-2H3;2H,1H3/t19-,21-;13-,14-;/m11./s1. The first-order valence-corrected chi connectivity index (χ1v) is 18.2. The number of aliphatic hydroxyl groups is 1. The molecule has 9 nitrogen and oxygen atoms in total. The van der Waals surface area contributed by atoms with Crippen molar-refractivity contribution >= 4 is 29.3 Å². The van der Waals surface area contributed by atoms with E-state index in [1.54, 1.807) is 4.90 Å². The van der Waals surface area contributed by atoms with Crippen LogP contribution in [0.2, 0.25) is 0 Å². The molecule has 4 atom stereocenters. The third-order valence-corrected chi connectivity index (χ3v) is 9.65. The lowest BCUT2D eigenvalue weighted by Crippen LogP contribution is -2.50. The quantitative estimate of drug-likeness (QED) is 0.232. The zero-order valence-electron chi connectivity index (χ0n) is 30.7. The number of amides is 3. The van der Waals surface area contributed by atoms with Gasteiger partial charge in [-0.1, -0.05) is 80.6 Å². The van der Waals surface area contributed by atoms with Gasteiger partial charge in [0.15, 0.2) is 0 Å². The van der Waals surface area contributed by atoms with E-state index >= 15 is 0 Å². The second-order valence-electron chi connectivity index (χ2n) is 12.9. The highest BCUT2D eigenvalue weighted by molar-refractivity contribution is 5.94. The van der Waals surface area contributed by atoms with E-state index in [1.807, 2.05) is 115 Å². The first kappa shape index (κ1) is 40.2. The van der Waals surface area contributed by atoms with Crippen LogP contribution in [0.3, 0.4) is 0 Å². The Labute approximate surface area is 299 Å². The zero-order chi connectivity index (χ0) is 36.3. The van der Waals surface area contributed by atoms with Crippen LogP contribution in [-0.2, 0) is 20.9 Å². The summed E-state index contributed by atoms with van der Waals surface area (Å²) in [5.41, 5.74) is 2.91. The van der Waals surface area contributed by atoms with Gasteiger partial charge in [-0.3, -0.25) is 9.59 Å². The average molecular weight is 687 g/mol. The fourth-order valence-electron chi connectivity index (χ4n) is 6.82. The largest absolute Gasteiger partial charge is 0.445 e. The van der Waals surface area contributed by atoms with E-state index in [-0.39, 0.29) is 42.5 Å². The number of anilines is 2. The van der Waals surface area contributed by atoms with E-state index < -0.39 is 0 Å². The van der Waals surface area contributed by atoms with Gasteiger partial charge in [0.05, 0.1) is 0 Å².